The van der Waals surface area contributed by atoms with Crippen LogP contribution in [-0.4, -0.2) is 87.5 Å². The van der Waals surface area contributed by atoms with Crippen molar-refractivity contribution in [1.82, 2.24) is 29.7 Å². The minimum Gasteiger partial charge on any atom is -0.396 e. The van der Waals surface area contributed by atoms with Crippen LogP contribution in [0.1, 0.15) is 49.5 Å². The molecule has 0 amide bonds. The van der Waals surface area contributed by atoms with E-state index in [0.717, 1.165) is 48.8 Å². The van der Waals surface area contributed by atoms with Crippen LogP contribution in [0.4, 0.5) is 11.6 Å². The second-order valence-corrected chi connectivity index (χ2v) is 11.7. The van der Waals surface area contributed by atoms with E-state index < -0.39 is 0 Å². The van der Waals surface area contributed by atoms with E-state index in [4.69, 9.17) is 21.7 Å². The van der Waals surface area contributed by atoms with Crippen LogP contribution in [0, 0.1) is 13.8 Å². The molecule has 0 radical (unpaired) electrons. The van der Waals surface area contributed by atoms with Crippen molar-refractivity contribution in [3.8, 4) is 0 Å². The Morgan fingerprint density at radius 3 is 1.53 bits per heavy atom. The summed E-state index contributed by atoms with van der Waals surface area (Å²) in [6, 6.07) is 0.894. The number of hydrogen-bond donors (Lipinski definition) is 4. The number of aliphatic hydroxyl groups is 2. The average molecular weight is 537 g/mol. The number of anilines is 2. The number of nitrogens with two attached hydrogens (primary N) is 2. The molecule has 2 saturated heterocycles. The molecule has 4 heterocycles. The Morgan fingerprint density at radius 1 is 0.806 bits per heavy atom. The molecule has 0 aliphatic carbocycles. The molecule has 6 N–H and O–H groups in total. The number of nitrogen functional groups attached to an aromatic ring is 2. The molecule has 2 aliphatic heterocycles. The predicted octanol–water partition coefficient (Wildman–Crippen LogP) is 2.03. The zero-order valence-electron chi connectivity index (χ0n) is 21.7. The molecule has 0 aromatic carbocycles. The van der Waals surface area contributed by atoms with Crippen LogP contribution < -0.4 is 11.5 Å². The highest BCUT2D eigenvalue weighted by Crippen LogP contribution is 2.33. The number of thioether (sulfide) groups is 2. The van der Waals surface area contributed by atoms with E-state index in [1.807, 2.05) is 49.8 Å². The number of aromatic nitrogens is 4. The first-order valence-electron chi connectivity index (χ1n) is 12.3. The average Bonchev–Trinajstić information content (AvgIpc) is 3.35. The quantitative estimate of drug-likeness (QED) is 0.391. The van der Waals surface area contributed by atoms with Crippen LogP contribution in [0.25, 0.3) is 0 Å². The first-order chi connectivity index (χ1) is 17.2. The Morgan fingerprint density at radius 2 is 1.19 bits per heavy atom. The topological polar surface area (TPSA) is 151 Å². The van der Waals surface area contributed by atoms with Crippen molar-refractivity contribution in [3.63, 3.8) is 0 Å². The Balaban J connectivity index is 0.000000201. The summed E-state index contributed by atoms with van der Waals surface area (Å²) >= 11 is 3.79. The van der Waals surface area contributed by atoms with Gasteiger partial charge in [-0.05, 0) is 40.5 Å². The van der Waals surface area contributed by atoms with Gasteiger partial charge in [-0.15, -0.1) is 23.5 Å². The monoisotopic (exact) mass is 536 g/mol. The van der Waals surface area contributed by atoms with Gasteiger partial charge in [0.05, 0.1) is 0 Å². The summed E-state index contributed by atoms with van der Waals surface area (Å²) in [4.78, 5) is 21.5. The van der Waals surface area contributed by atoms with Gasteiger partial charge in [0, 0.05) is 84.2 Å². The summed E-state index contributed by atoms with van der Waals surface area (Å²) in [6.07, 6.45) is 5.33. The van der Waals surface area contributed by atoms with Crippen molar-refractivity contribution in [1.29, 1.82) is 0 Å². The molecule has 4 rings (SSSR count). The SMILES string of the molecule is Cc1ncc(CN2CSC(CCO)C2C)c(N)n1.Cc1ncc(CN2CSC(CCO)C2C)c(N)n1. The Kier molecular flexibility index (Phi) is 11.0. The van der Waals surface area contributed by atoms with Gasteiger partial charge in [0.1, 0.15) is 23.3 Å². The van der Waals surface area contributed by atoms with Crippen molar-refractivity contribution < 1.29 is 10.2 Å². The van der Waals surface area contributed by atoms with Crippen molar-refractivity contribution in [2.45, 2.75) is 76.2 Å². The van der Waals surface area contributed by atoms with Gasteiger partial charge in [-0.1, -0.05) is 0 Å². The lowest BCUT2D eigenvalue weighted by Crippen LogP contribution is -2.32. The number of aryl methyl sites for hydroxylation is 2. The molecule has 2 aromatic heterocycles. The minimum atomic E-state index is 0.256. The lowest BCUT2D eigenvalue weighted by molar-refractivity contribution is 0.226. The highest BCUT2D eigenvalue weighted by Gasteiger charge is 2.32. The summed E-state index contributed by atoms with van der Waals surface area (Å²) in [5, 5.41) is 19.1. The van der Waals surface area contributed by atoms with E-state index in [1.54, 1.807) is 0 Å². The zero-order valence-corrected chi connectivity index (χ0v) is 23.3. The predicted molar refractivity (Wildman–Crippen MR) is 148 cm³/mol. The molecule has 2 aromatic rings. The van der Waals surface area contributed by atoms with E-state index >= 15 is 0 Å². The standard InChI is InChI=1S/2C12H20N4OS/c2*1-8-11(3-4-17)18-7-16(8)6-10-5-14-9(2)15-12(10)13/h2*5,8,11,17H,3-4,6-7H2,1-2H3,(H2,13,14,15). The van der Waals surface area contributed by atoms with Crippen molar-refractivity contribution in [2.75, 3.05) is 36.4 Å². The van der Waals surface area contributed by atoms with Crippen molar-refractivity contribution in [2.24, 2.45) is 0 Å². The van der Waals surface area contributed by atoms with Gasteiger partial charge < -0.3 is 21.7 Å². The zero-order chi connectivity index (χ0) is 26.2. The van der Waals surface area contributed by atoms with Gasteiger partial charge in [0.2, 0.25) is 0 Å². The second kappa shape index (κ2) is 13.7. The Bertz CT molecular complexity index is 908. The third-order valence-electron chi connectivity index (χ3n) is 6.75. The highest BCUT2D eigenvalue weighted by molar-refractivity contribution is 8.00. The van der Waals surface area contributed by atoms with Crippen LogP contribution in [0.3, 0.4) is 0 Å². The third-order valence-corrected chi connectivity index (χ3v) is 9.82. The molecule has 4 unspecified atom stereocenters. The normalized spacial score (nSPS) is 24.6. The highest BCUT2D eigenvalue weighted by atomic mass is 32.2. The van der Waals surface area contributed by atoms with Crippen molar-refractivity contribution >= 4 is 35.2 Å². The molecular weight excluding hydrogens is 496 g/mol. The fraction of sp³-hybridized carbons (Fsp3) is 0.667. The summed E-state index contributed by atoms with van der Waals surface area (Å²) < 4.78 is 0. The van der Waals surface area contributed by atoms with E-state index in [9.17, 15) is 0 Å². The molecule has 0 bridgehead atoms. The number of rotatable bonds is 8. The van der Waals surface area contributed by atoms with Gasteiger partial charge in [-0.3, -0.25) is 9.80 Å². The number of hydrogen-bond acceptors (Lipinski definition) is 12. The molecule has 12 heteroatoms. The molecule has 2 aliphatic rings. The molecule has 4 atom stereocenters. The summed E-state index contributed by atoms with van der Waals surface area (Å²) in [5.74, 6) is 4.50. The van der Waals surface area contributed by atoms with Gasteiger partial charge in [-0.2, -0.15) is 0 Å². The van der Waals surface area contributed by atoms with Gasteiger partial charge in [0.25, 0.3) is 0 Å². The molecule has 0 spiro atoms. The smallest absolute Gasteiger partial charge is 0.131 e. The van der Waals surface area contributed by atoms with Crippen LogP contribution in [0.15, 0.2) is 12.4 Å². The minimum absolute atomic E-state index is 0.256. The van der Waals surface area contributed by atoms with Crippen molar-refractivity contribution in [3.05, 3.63) is 35.2 Å². The van der Waals surface area contributed by atoms with E-state index in [-0.39, 0.29) is 13.2 Å². The first-order valence-corrected chi connectivity index (χ1v) is 14.4. The molecule has 0 saturated carbocycles. The van der Waals surface area contributed by atoms with E-state index in [1.165, 1.54) is 0 Å². The summed E-state index contributed by atoms with van der Waals surface area (Å²) in [6.45, 7) is 10.1. The maximum absolute atomic E-state index is 9.02. The Hall–Kier alpha value is -1.70. The maximum atomic E-state index is 9.02. The number of nitrogens with zero attached hydrogens (tertiary/aromatic N) is 6. The molecule has 2 fully saturated rings. The Labute approximate surface area is 222 Å². The van der Waals surface area contributed by atoms with E-state index in [0.29, 0.717) is 45.9 Å². The largest absolute Gasteiger partial charge is 0.396 e. The molecule has 36 heavy (non-hydrogen) atoms. The first kappa shape index (κ1) is 28.9. The maximum Gasteiger partial charge on any atom is 0.131 e. The van der Waals surface area contributed by atoms with Gasteiger partial charge >= 0.3 is 0 Å². The molecule has 200 valence electrons. The van der Waals surface area contributed by atoms with Gasteiger partial charge in [0.15, 0.2) is 0 Å². The van der Waals surface area contributed by atoms with Crippen LogP contribution in [0.5, 0.6) is 0 Å². The fourth-order valence-corrected chi connectivity index (χ4v) is 7.22. The van der Waals surface area contributed by atoms with E-state index in [2.05, 4.69) is 43.6 Å². The summed E-state index contributed by atoms with van der Waals surface area (Å²) in [7, 11) is 0. The molecule has 10 nitrogen and oxygen atoms in total. The molecular formula is C24H40N8O2S2. The van der Waals surface area contributed by atoms with Gasteiger partial charge in [-0.25, -0.2) is 19.9 Å². The summed E-state index contributed by atoms with van der Waals surface area (Å²) in [5.41, 5.74) is 13.8. The lowest BCUT2D eigenvalue weighted by Gasteiger charge is -2.23. The van der Waals surface area contributed by atoms with Crippen LogP contribution in [0.2, 0.25) is 0 Å². The third kappa shape index (κ3) is 7.65. The van der Waals surface area contributed by atoms with Crippen LogP contribution >= 0.6 is 23.5 Å². The lowest BCUT2D eigenvalue weighted by atomic mass is 10.1. The second-order valence-electron chi connectivity index (χ2n) is 9.32. The number of aliphatic hydroxyl groups excluding tert-OH is 2. The van der Waals surface area contributed by atoms with Crippen LogP contribution in [-0.2, 0) is 13.1 Å². The fourth-order valence-electron chi connectivity index (χ4n) is 4.36.